The monoisotopic (exact) mass is 732 g/mol. The van der Waals surface area contributed by atoms with Gasteiger partial charge in [0.2, 0.25) is 0 Å². The second-order valence-corrected chi connectivity index (χ2v) is 13.7. The zero-order valence-corrected chi connectivity index (χ0v) is 28.1. The Labute approximate surface area is 284 Å². The number of alkyl halides is 6. The van der Waals surface area contributed by atoms with Gasteiger partial charge >= 0.3 is 12.4 Å². The lowest BCUT2D eigenvalue weighted by molar-refractivity contribution is -0.296. The predicted molar refractivity (Wildman–Crippen MR) is 170 cm³/mol. The molecule has 0 aromatic heterocycles. The van der Waals surface area contributed by atoms with Gasteiger partial charge in [-0.1, -0.05) is 36.4 Å². The fourth-order valence-corrected chi connectivity index (χ4v) is 5.72. The molecule has 0 aliphatic rings. The Bertz CT molecular complexity index is 1630. The van der Waals surface area contributed by atoms with Crippen LogP contribution in [0.15, 0.2) is 129 Å². The van der Waals surface area contributed by atoms with Crippen molar-refractivity contribution in [3.8, 4) is 11.5 Å². The maximum Gasteiger partial charge on any atom is 0.420 e. The lowest BCUT2D eigenvalue weighted by atomic mass is 10.1. The van der Waals surface area contributed by atoms with Crippen molar-refractivity contribution in [3.63, 3.8) is 0 Å². The van der Waals surface area contributed by atoms with E-state index in [0.717, 1.165) is 6.92 Å². The minimum atomic E-state index is -4.78. The van der Waals surface area contributed by atoms with Gasteiger partial charge in [0.15, 0.2) is 11.2 Å². The second-order valence-electron chi connectivity index (χ2n) is 10.7. The fourth-order valence-electron chi connectivity index (χ4n) is 3.60. The number of hydrogen-bond acceptors (Lipinski definition) is 7. The summed E-state index contributed by atoms with van der Waals surface area (Å²) in [6.45, 7) is -0.621. The van der Waals surface area contributed by atoms with Gasteiger partial charge in [-0.3, -0.25) is 0 Å². The van der Waals surface area contributed by atoms with Crippen molar-refractivity contribution < 1.29 is 58.8 Å². The number of rotatable bonds is 13. The van der Waals surface area contributed by atoms with Crippen LogP contribution in [0.2, 0.25) is 0 Å². The van der Waals surface area contributed by atoms with Gasteiger partial charge in [-0.2, -0.15) is 26.3 Å². The molecule has 49 heavy (non-hydrogen) atoms. The van der Waals surface area contributed by atoms with Gasteiger partial charge in [0.05, 0.1) is 21.6 Å². The Hall–Kier alpha value is -3.76. The Balaban J connectivity index is 0.000000267. The molecule has 4 aromatic carbocycles. The van der Waals surface area contributed by atoms with Crippen molar-refractivity contribution in [2.45, 2.75) is 57.0 Å². The topological polar surface area (TPSA) is 91.3 Å². The Kier molecular flexibility index (Phi) is 14.0. The Morgan fingerprint density at radius 1 is 0.571 bits per heavy atom. The molecule has 266 valence electrons. The number of hydrogen-bond donors (Lipinski definition) is 1. The number of benzene rings is 4. The molecule has 0 aliphatic heterocycles. The molecular weight excluding hydrogens is 698 g/mol. The first-order valence-electron chi connectivity index (χ1n) is 14.4. The van der Waals surface area contributed by atoms with Crippen LogP contribution in [0.1, 0.15) is 13.8 Å². The molecule has 0 saturated carbocycles. The van der Waals surface area contributed by atoms with Crippen LogP contribution in [0, 0.1) is 0 Å². The van der Waals surface area contributed by atoms with E-state index in [4.69, 9.17) is 14.2 Å². The van der Waals surface area contributed by atoms with E-state index in [0.29, 0.717) is 26.5 Å². The molecule has 0 heterocycles. The maximum atomic E-state index is 13.2. The predicted octanol–water partition coefficient (Wildman–Crippen LogP) is 7.72. The van der Waals surface area contributed by atoms with E-state index in [2.05, 4.69) is 4.74 Å². The lowest BCUT2D eigenvalue weighted by Gasteiger charge is -2.31. The van der Waals surface area contributed by atoms with Crippen LogP contribution in [-0.4, -0.2) is 64.2 Å². The molecule has 4 atom stereocenters. The summed E-state index contributed by atoms with van der Waals surface area (Å²) >= 11 is 0. The van der Waals surface area contributed by atoms with Crippen LogP contribution in [0.4, 0.5) is 26.3 Å². The molecule has 4 aromatic rings. The summed E-state index contributed by atoms with van der Waals surface area (Å²) in [6.07, 6.45) is -9.40. The van der Waals surface area contributed by atoms with E-state index in [1.807, 2.05) is 12.1 Å². The highest BCUT2D eigenvalue weighted by molar-refractivity contribution is 7.85. The van der Waals surface area contributed by atoms with Crippen LogP contribution >= 0.6 is 0 Å². The van der Waals surface area contributed by atoms with Crippen molar-refractivity contribution in [1.82, 2.24) is 0 Å². The van der Waals surface area contributed by atoms with Crippen molar-refractivity contribution >= 4 is 21.6 Å². The summed E-state index contributed by atoms with van der Waals surface area (Å²) in [7, 11) is -1.51. The molecule has 15 heteroatoms. The first kappa shape index (κ1) is 39.7. The van der Waals surface area contributed by atoms with E-state index in [1.165, 1.54) is 43.5 Å². The maximum absolute atomic E-state index is 13.2. The summed E-state index contributed by atoms with van der Waals surface area (Å²) in [5, 5.41) is 9.31. The standard InChI is InChI=1S/C18H19F3O4S.C16H15F3O3S/c1-17(18(19,20)21,25-13-23-2)12-24-14-8-10-16(11-9-14)26(22)15-6-4-3-5-7-15;1-15(20,16(17,18)19)11-22-12-7-9-14(10-8-12)23(21)13-5-3-2-4-6-13/h3-11H,12-13H2,1-2H3;2-10,20H,11H2,1H3. The highest BCUT2D eigenvalue weighted by Crippen LogP contribution is 2.34. The minimum Gasteiger partial charge on any atom is -0.490 e. The SMILES string of the molecule is CC(O)(COc1ccc(S(=O)c2ccccc2)cc1)C(F)(F)F.COCOC(C)(COc1ccc(S(=O)c2ccccc2)cc1)C(F)(F)F. The van der Waals surface area contributed by atoms with Gasteiger partial charge in [0.25, 0.3) is 0 Å². The van der Waals surface area contributed by atoms with Crippen molar-refractivity contribution in [1.29, 1.82) is 0 Å². The average Bonchev–Trinajstić information content (AvgIpc) is 3.09. The zero-order chi connectivity index (χ0) is 36.3. The molecular formula is C34H34F6O7S2. The highest BCUT2D eigenvalue weighted by Gasteiger charge is 2.53. The van der Waals surface area contributed by atoms with Gasteiger partial charge in [0, 0.05) is 26.7 Å². The van der Waals surface area contributed by atoms with Gasteiger partial charge in [0.1, 0.15) is 31.5 Å². The summed E-state index contributed by atoms with van der Waals surface area (Å²) in [5.41, 5.74) is -5.44. The molecule has 0 aliphatic carbocycles. The van der Waals surface area contributed by atoms with E-state index in [1.54, 1.807) is 60.7 Å². The molecule has 0 amide bonds. The Morgan fingerprint density at radius 3 is 1.29 bits per heavy atom. The minimum absolute atomic E-state index is 0.156. The number of ether oxygens (including phenoxy) is 4. The summed E-state index contributed by atoms with van der Waals surface area (Å²) in [6, 6.07) is 29.6. The van der Waals surface area contributed by atoms with Crippen LogP contribution < -0.4 is 9.47 Å². The Morgan fingerprint density at radius 2 is 0.939 bits per heavy atom. The molecule has 0 radical (unpaired) electrons. The lowest BCUT2D eigenvalue weighted by Crippen LogP contribution is -2.50. The third kappa shape index (κ3) is 11.4. The zero-order valence-electron chi connectivity index (χ0n) is 26.5. The van der Waals surface area contributed by atoms with Gasteiger partial charge in [-0.15, -0.1) is 0 Å². The van der Waals surface area contributed by atoms with Crippen molar-refractivity contribution in [2.75, 3.05) is 27.1 Å². The normalized spacial score (nSPS) is 15.5. The van der Waals surface area contributed by atoms with E-state index in [-0.39, 0.29) is 11.5 Å². The molecule has 0 fully saturated rings. The number of methoxy groups -OCH3 is 1. The number of aliphatic hydroxyl groups is 1. The average molecular weight is 733 g/mol. The summed E-state index contributed by atoms with van der Waals surface area (Å²) < 4.78 is 121. The number of halogens is 6. The third-order valence-corrected chi connectivity index (χ3v) is 9.53. The molecule has 1 N–H and O–H groups in total. The van der Waals surface area contributed by atoms with Gasteiger partial charge in [-0.25, -0.2) is 8.42 Å². The van der Waals surface area contributed by atoms with E-state index in [9.17, 15) is 39.9 Å². The summed E-state index contributed by atoms with van der Waals surface area (Å²) in [4.78, 5) is 2.30. The fraction of sp³-hybridized carbons (Fsp3) is 0.294. The van der Waals surface area contributed by atoms with Crippen molar-refractivity contribution in [3.05, 3.63) is 109 Å². The first-order chi connectivity index (χ1) is 23.0. The summed E-state index contributed by atoms with van der Waals surface area (Å²) in [5.74, 6) is 0.374. The molecule has 7 nitrogen and oxygen atoms in total. The molecule has 0 bridgehead atoms. The first-order valence-corrected chi connectivity index (χ1v) is 16.7. The largest absolute Gasteiger partial charge is 0.490 e. The van der Waals surface area contributed by atoms with Crippen molar-refractivity contribution in [2.24, 2.45) is 0 Å². The molecule has 0 spiro atoms. The third-order valence-electron chi connectivity index (χ3n) is 6.73. The van der Waals surface area contributed by atoms with Crippen LogP contribution in [0.25, 0.3) is 0 Å². The van der Waals surface area contributed by atoms with Crippen LogP contribution in [0.5, 0.6) is 11.5 Å². The van der Waals surface area contributed by atoms with Gasteiger partial charge < -0.3 is 24.1 Å². The molecule has 4 rings (SSSR count). The smallest absolute Gasteiger partial charge is 0.420 e. The molecule has 4 unspecified atom stereocenters. The van der Waals surface area contributed by atoms with Crippen LogP contribution in [-0.2, 0) is 31.1 Å². The van der Waals surface area contributed by atoms with Gasteiger partial charge in [-0.05, 0) is 86.6 Å². The second kappa shape index (κ2) is 17.3. The van der Waals surface area contributed by atoms with E-state index < -0.39 is 65.2 Å². The van der Waals surface area contributed by atoms with E-state index >= 15 is 0 Å². The highest BCUT2D eigenvalue weighted by atomic mass is 32.2. The molecule has 0 saturated heterocycles. The quantitative estimate of drug-likeness (QED) is 0.111. The van der Waals surface area contributed by atoms with Crippen LogP contribution in [0.3, 0.4) is 0 Å².